The number of aromatic nitrogens is 2. The molecule has 0 unspecified atom stereocenters. The number of rotatable bonds is 8. The van der Waals surface area contributed by atoms with Gasteiger partial charge in [0.2, 0.25) is 0 Å². The van der Waals surface area contributed by atoms with Crippen LogP contribution in [0, 0.1) is 13.0 Å². The van der Waals surface area contributed by atoms with Gasteiger partial charge in [-0.1, -0.05) is 11.6 Å². The van der Waals surface area contributed by atoms with Crippen molar-refractivity contribution in [1.29, 1.82) is 0 Å². The molecule has 1 heterocycles. The van der Waals surface area contributed by atoms with E-state index in [0.29, 0.717) is 24.3 Å². The number of anilines is 3. The molecule has 0 radical (unpaired) electrons. The summed E-state index contributed by atoms with van der Waals surface area (Å²) in [7, 11) is -20.8. The highest BCUT2D eigenvalue weighted by Crippen LogP contribution is 2.39. The Morgan fingerprint density at radius 3 is 1.87 bits per heavy atom. The first kappa shape index (κ1) is 33.9. The third kappa shape index (κ3) is 7.32. The zero-order valence-electron chi connectivity index (χ0n) is 21.8. The summed E-state index contributed by atoms with van der Waals surface area (Å²) < 4.78 is 148. The number of fused-ring (bicyclic) bond motifs is 1. The van der Waals surface area contributed by atoms with E-state index in [1.54, 1.807) is 0 Å². The monoisotopic (exact) mass is 726 g/mol. The summed E-state index contributed by atoms with van der Waals surface area (Å²) in [5.74, 6) is -0.357. The fraction of sp³-hybridized carbons (Fsp3) is 0.0476. The minimum atomic E-state index is -5.34. The molecule has 0 saturated carbocycles. The van der Waals surface area contributed by atoms with Gasteiger partial charge in [-0.25, -0.2) is 4.98 Å². The van der Waals surface area contributed by atoms with Crippen molar-refractivity contribution in [2.75, 3.05) is 11.1 Å². The minimum absolute atomic E-state index is 0.0157. The Morgan fingerprint density at radius 2 is 1.31 bits per heavy atom. The Morgan fingerprint density at radius 1 is 0.756 bits per heavy atom. The fourth-order valence-electron chi connectivity index (χ4n) is 3.83. The minimum Gasteiger partial charge on any atom is -0.398 e. The first-order valence-corrected chi connectivity index (χ1v) is 17.4. The van der Waals surface area contributed by atoms with Crippen molar-refractivity contribution in [3.63, 3.8) is 0 Å². The summed E-state index contributed by atoms with van der Waals surface area (Å²) in [6, 6.07) is 3.74. The molecule has 4 rings (SSSR count). The Bertz CT molecular complexity index is 2410. The SMILES string of the molecule is Cc1nc(F)nc(Nc2cc(N)c(S(=O)(=O)O)cc2N=Nc2cc(S(=O)(=O)O)c3cc(S(=O)(=O)O)cc(S(=O)(=O)O)c3c2)c1Cl. The lowest BCUT2D eigenvalue weighted by atomic mass is 10.1. The predicted molar refractivity (Wildman–Crippen MR) is 153 cm³/mol. The molecule has 0 amide bonds. The number of halogens is 2. The molecule has 18 nitrogen and oxygen atoms in total. The molecule has 0 aliphatic heterocycles. The molecule has 0 aliphatic carbocycles. The normalized spacial score (nSPS) is 13.0. The number of hydrogen-bond acceptors (Lipinski definition) is 14. The maximum atomic E-state index is 13.9. The molecule has 7 N–H and O–H groups in total. The van der Waals surface area contributed by atoms with Crippen LogP contribution in [0.15, 0.2) is 66.2 Å². The second-order valence-corrected chi connectivity index (χ2v) is 14.8. The summed E-state index contributed by atoms with van der Waals surface area (Å²) in [4.78, 5) is 2.48. The van der Waals surface area contributed by atoms with E-state index in [2.05, 4.69) is 25.5 Å². The predicted octanol–water partition coefficient (Wildman–Crippen LogP) is 3.46. The average Bonchev–Trinajstić information content (AvgIpc) is 2.87. The number of aryl methyl sites for hydroxylation is 1. The van der Waals surface area contributed by atoms with Crippen molar-refractivity contribution in [1.82, 2.24) is 9.97 Å². The van der Waals surface area contributed by atoms with Gasteiger partial charge in [0, 0.05) is 10.8 Å². The molecular weight excluding hydrogens is 711 g/mol. The molecule has 1 aromatic heterocycles. The van der Waals surface area contributed by atoms with Crippen molar-refractivity contribution < 1.29 is 56.3 Å². The quantitative estimate of drug-likeness (QED) is 0.0655. The van der Waals surface area contributed by atoms with E-state index in [-0.39, 0.29) is 22.2 Å². The highest BCUT2D eigenvalue weighted by molar-refractivity contribution is 7.87. The Kier molecular flexibility index (Phi) is 8.64. The van der Waals surface area contributed by atoms with Gasteiger partial charge >= 0.3 is 6.08 Å². The smallest absolute Gasteiger partial charge is 0.310 e. The summed E-state index contributed by atoms with van der Waals surface area (Å²) in [6.45, 7) is 1.33. The summed E-state index contributed by atoms with van der Waals surface area (Å²) >= 11 is 6.11. The Balaban J connectivity index is 2.02. The average molecular weight is 727 g/mol. The van der Waals surface area contributed by atoms with E-state index in [1.807, 2.05) is 0 Å². The highest BCUT2D eigenvalue weighted by atomic mass is 35.5. The van der Waals surface area contributed by atoms with Crippen molar-refractivity contribution in [2.45, 2.75) is 26.5 Å². The number of hydrogen-bond donors (Lipinski definition) is 6. The van der Waals surface area contributed by atoms with E-state index in [1.165, 1.54) is 6.92 Å². The molecular formula is C21H16ClFN6O12S4. The number of nitrogens with zero attached hydrogens (tertiary/aromatic N) is 4. The summed E-state index contributed by atoms with van der Waals surface area (Å²) in [6.07, 6.45) is -1.22. The van der Waals surface area contributed by atoms with Crippen molar-refractivity contribution in [2.24, 2.45) is 10.2 Å². The van der Waals surface area contributed by atoms with Crippen LogP contribution < -0.4 is 11.1 Å². The molecule has 0 bridgehead atoms. The first-order chi connectivity index (χ1) is 20.5. The van der Waals surface area contributed by atoms with Crippen molar-refractivity contribution >= 4 is 91.4 Å². The van der Waals surface area contributed by atoms with E-state index in [9.17, 15) is 56.3 Å². The third-order valence-electron chi connectivity index (χ3n) is 5.73. The van der Waals surface area contributed by atoms with Crippen LogP contribution in [0.3, 0.4) is 0 Å². The van der Waals surface area contributed by atoms with E-state index < -0.39 is 94.0 Å². The number of azo groups is 1. The van der Waals surface area contributed by atoms with Gasteiger partial charge in [-0.3, -0.25) is 18.2 Å². The molecule has 0 fully saturated rings. The zero-order chi connectivity index (χ0) is 33.9. The summed E-state index contributed by atoms with van der Waals surface area (Å²) in [5, 5.41) is 8.31. The standard InChI is InChI=1S/C21H16ClFN6O12S4/c1-8-19(22)20(27-21(23)25-8)26-14-6-13(24)18(45(39,40)41)7-15(14)29-28-9-2-11-12(16(3-9)43(33,34)35)4-10(42(30,31)32)5-17(11)44(36,37)38/h2-7H,24H2,1H3,(H,25,26,27)(H,30,31,32)(H,33,34,35)(H,36,37,38)(H,39,40,41). The van der Waals surface area contributed by atoms with Crippen LogP contribution in [0.1, 0.15) is 5.69 Å². The summed E-state index contributed by atoms with van der Waals surface area (Å²) in [5.41, 5.74) is 3.80. The lowest BCUT2D eigenvalue weighted by molar-refractivity contribution is 0.478. The molecule has 3 aromatic carbocycles. The number of nitrogens with one attached hydrogen (secondary N) is 1. The van der Waals surface area contributed by atoms with Gasteiger partial charge in [0.15, 0.2) is 5.82 Å². The Labute approximate surface area is 257 Å². The molecule has 240 valence electrons. The van der Waals surface area contributed by atoms with Crippen LogP contribution in [0.25, 0.3) is 10.8 Å². The maximum Gasteiger partial charge on any atom is 0.310 e. The van der Waals surface area contributed by atoms with Gasteiger partial charge in [0.05, 0.1) is 27.7 Å². The van der Waals surface area contributed by atoms with Crippen LogP contribution in [0.5, 0.6) is 0 Å². The molecule has 4 aromatic rings. The second kappa shape index (κ2) is 11.5. The van der Waals surface area contributed by atoms with E-state index in [0.717, 1.165) is 12.1 Å². The van der Waals surface area contributed by atoms with Gasteiger partial charge in [-0.05, 0) is 43.3 Å². The highest BCUT2D eigenvalue weighted by Gasteiger charge is 2.26. The second-order valence-electron chi connectivity index (χ2n) is 8.83. The molecule has 0 spiro atoms. The fourth-order valence-corrected chi connectivity index (χ4v) is 6.62. The van der Waals surface area contributed by atoms with Gasteiger partial charge in [0.25, 0.3) is 40.5 Å². The number of benzene rings is 3. The lowest BCUT2D eigenvalue weighted by Crippen LogP contribution is -2.07. The number of nitrogens with two attached hydrogens (primary N) is 1. The molecule has 24 heteroatoms. The van der Waals surface area contributed by atoms with Crippen LogP contribution in [0.4, 0.5) is 33.0 Å². The van der Waals surface area contributed by atoms with E-state index in [4.69, 9.17) is 17.3 Å². The molecule has 0 saturated heterocycles. The van der Waals surface area contributed by atoms with Gasteiger partial charge < -0.3 is 11.1 Å². The van der Waals surface area contributed by atoms with Gasteiger partial charge in [0.1, 0.15) is 25.4 Å². The van der Waals surface area contributed by atoms with Crippen LogP contribution >= 0.6 is 11.6 Å². The number of nitrogen functional groups attached to an aromatic ring is 1. The lowest BCUT2D eigenvalue weighted by Gasteiger charge is -2.13. The van der Waals surface area contributed by atoms with Crippen LogP contribution in [0.2, 0.25) is 5.02 Å². The first-order valence-electron chi connectivity index (χ1n) is 11.3. The zero-order valence-corrected chi connectivity index (χ0v) is 25.8. The third-order valence-corrected chi connectivity index (χ3v) is 9.71. The largest absolute Gasteiger partial charge is 0.398 e. The Hall–Kier alpha value is -3.94. The van der Waals surface area contributed by atoms with Gasteiger partial charge in [-0.15, -0.1) is 5.11 Å². The van der Waals surface area contributed by atoms with Gasteiger partial charge in [-0.2, -0.15) is 48.2 Å². The molecule has 0 aliphatic rings. The van der Waals surface area contributed by atoms with Crippen LogP contribution in [-0.2, 0) is 40.5 Å². The topological polar surface area (TPSA) is 306 Å². The van der Waals surface area contributed by atoms with Crippen molar-refractivity contribution in [3.8, 4) is 0 Å². The maximum absolute atomic E-state index is 13.9. The van der Waals surface area contributed by atoms with Crippen molar-refractivity contribution in [3.05, 3.63) is 53.2 Å². The molecule has 0 atom stereocenters. The van der Waals surface area contributed by atoms with Crippen LogP contribution in [-0.4, -0.2) is 61.9 Å². The van der Waals surface area contributed by atoms with E-state index >= 15 is 0 Å². The molecule has 45 heavy (non-hydrogen) atoms.